The highest BCUT2D eigenvalue weighted by Gasteiger charge is 2.29. The summed E-state index contributed by atoms with van der Waals surface area (Å²) in [7, 11) is -2.95. The fraction of sp³-hybridized carbons (Fsp3) is 1.00. The van der Waals surface area contributed by atoms with Gasteiger partial charge in [-0.2, -0.15) is 0 Å². The molecule has 74 valence electrons. The Hall–Kier alpha value is -0.0900. The first-order chi connectivity index (χ1) is 5.31. The Bertz CT molecular complexity index is 219. The first kappa shape index (κ1) is 11.9. The van der Waals surface area contributed by atoms with Crippen LogP contribution >= 0.6 is 0 Å². The zero-order chi connectivity index (χ0) is 9.83. The first-order valence-corrected chi connectivity index (χ1v) is 6.10. The van der Waals surface area contributed by atoms with E-state index in [9.17, 15) is 8.42 Å². The summed E-state index contributed by atoms with van der Waals surface area (Å²) in [6.45, 7) is 6.94. The average molecular weight is 193 g/mol. The molecule has 0 unspecified atom stereocenters. The van der Waals surface area contributed by atoms with Gasteiger partial charge in [-0.1, -0.05) is 6.92 Å². The molecular weight excluding hydrogens is 174 g/mol. The first-order valence-electron chi connectivity index (χ1n) is 4.21. The summed E-state index contributed by atoms with van der Waals surface area (Å²) in [5.41, 5.74) is 0. The van der Waals surface area contributed by atoms with Crippen LogP contribution in [-0.2, 0) is 9.84 Å². The minimum Gasteiger partial charge on any atom is -0.315 e. The topological polar surface area (TPSA) is 46.2 Å². The van der Waals surface area contributed by atoms with E-state index in [-0.39, 0.29) is 0 Å². The molecule has 0 fully saturated rings. The molecule has 4 heteroatoms. The van der Waals surface area contributed by atoms with Gasteiger partial charge in [-0.25, -0.2) is 8.42 Å². The van der Waals surface area contributed by atoms with Crippen LogP contribution in [0.15, 0.2) is 0 Å². The minimum absolute atomic E-state index is 0.527. The van der Waals surface area contributed by atoms with E-state index in [0.717, 1.165) is 13.0 Å². The van der Waals surface area contributed by atoms with Crippen LogP contribution in [0.5, 0.6) is 0 Å². The molecule has 3 nitrogen and oxygen atoms in total. The van der Waals surface area contributed by atoms with Crippen molar-refractivity contribution >= 4 is 9.84 Å². The lowest BCUT2D eigenvalue weighted by Crippen LogP contribution is -2.41. The molecule has 0 rings (SSSR count). The SMILES string of the molecule is CCCNCC(C)(C)S(C)(=O)=O. The molecular formula is C8H19NO2S. The van der Waals surface area contributed by atoms with E-state index in [1.165, 1.54) is 6.26 Å². The maximum absolute atomic E-state index is 11.2. The van der Waals surface area contributed by atoms with Crippen molar-refractivity contribution in [2.45, 2.75) is 31.9 Å². The molecule has 12 heavy (non-hydrogen) atoms. The second-order valence-electron chi connectivity index (χ2n) is 3.71. The largest absolute Gasteiger partial charge is 0.315 e. The van der Waals surface area contributed by atoms with Gasteiger partial charge in [0.1, 0.15) is 0 Å². The lowest BCUT2D eigenvalue weighted by Gasteiger charge is -2.22. The minimum atomic E-state index is -2.95. The van der Waals surface area contributed by atoms with E-state index in [1.807, 2.05) is 0 Å². The lowest BCUT2D eigenvalue weighted by molar-refractivity contribution is 0.521. The normalized spacial score (nSPS) is 13.3. The Morgan fingerprint density at radius 2 is 1.83 bits per heavy atom. The second kappa shape index (κ2) is 4.23. The molecule has 0 saturated carbocycles. The molecule has 0 aromatic heterocycles. The lowest BCUT2D eigenvalue weighted by atomic mass is 10.2. The fourth-order valence-electron chi connectivity index (χ4n) is 0.697. The second-order valence-corrected chi connectivity index (χ2v) is 6.36. The Balaban J connectivity index is 4.06. The summed E-state index contributed by atoms with van der Waals surface area (Å²) in [6.07, 6.45) is 2.31. The van der Waals surface area contributed by atoms with Gasteiger partial charge >= 0.3 is 0 Å². The Morgan fingerprint density at radius 1 is 1.33 bits per heavy atom. The molecule has 0 aromatic rings. The maximum atomic E-state index is 11.2. The van der Waals surface area contributed by atoms with Crippen LogP contribution in [0.1, 0.15) is 27.2 Å². The highest BCUT2D eigenvalue weighted by Crippen LogP contribution is 2.12. The van der Waals surface area contributed by atoms with Gasteiger partial charge in [-0.3, -0.25) is 0 Å². The molecule has 0 bridgehead atoms. The van der Waals surface area contributed by atoms with Gasteiger partial charge in [0.15, 0.2) is 9.84 Å². The standard InChI is InChI=1S/C8H19NO2S/c1-5-6-9-7-8(2,3)12(4,10)11/h9H,5-7H2,1-4H3. The third kappa shape index (κ3) is 3.54. The highest BCUT2D eigenvalue weighted by molar-refractivity contribution is 7.92. The quantitative estimate of drug-likeness (QED) is 0.657. The van der Waals surface area contributed by atoms with Crippen LogP contribution < -0.4 is 5.32 Å². The predicted octanol–water partition coefficient (Wildman–Crippen LogP) is 0.809. The molecule has 0 saturated heterocycles. The molecule has 1 N–H and O–H groups in total. The summed E-state index contributed by atoms with van der Waals surface area (Å²) < 4.78 is 21.8. The van der Waals surface area contributed by atoms with Crippen LogP contribution in [0.2, 0.25) is 0 Å². The van der Waals surface area contributed by atoms with Gasteiger partial charge in [-0.05, 0) is 26.8 Å². The number of hydrogen-bond donors (Lipinski definition) is 1. The zero-order valence-electron chi connectivity index (χ0n) is 8.35. The van der Waals surface area contributed by atoms with E-state index in [1.54, 1.807) is 13.8 Å². The van der Waals surface area contributed by atoms with Crippen molar-refractivity contribution in [2.75, 3.05) is 19.3 Å². The van der Waals surface area contributed by atoms with Crippen molar-refractivity contribution in [3.63, 3.8) is 0 Å². The molecule has 0 aliphatic rings. The summed E-state index contributed by atoms with van der Waals surface area (Å²) in [5.74, 6) is 0. The van der Waals surface area contributed by atoms with Crippen LogP contribution in [0.3, 0.4) is 0 Å². The van der Waals surface area contributed by atoms with E-state index in [4.69, 9.17) is 0 Å². The third-order valence-corrected chi connectivity index (χ3v) is 4.13. The molecule has 0 amide bonds. The Kier molecular flexibility index (Phi) is 4.20. The summed E-state index contributed by atoms with van der Waals surface area (Å²) >= 11 is 0. The summed E-state index contributed by atoms with van der Waals surface area (Å²) in [4.78, 5) is 0. The summed E-state index contributed by atoms with van der Waals surface area (Å²) in [6, 6.07) is 0. The van der Waals surface area contributed by atoms with Gasteiger partial charge in [0.25, 0.3) is 0 Å². The van der Waals surface area contributed by atoms with E-state index in [0.29, 0.717) is 6.54 Å². The fourth-order valence-corrected chi connectivity index (χ4v) is 1.06. The van der Waals surface area contributed by atoms with E-state index in [2.05, 4.69) is 12.2 Å². The highest BCUT2D eigenvalue weighted by atomic mass is 32.2. The number of hydrogen-bond acceptors (Lipinski definition) is 3. The Labute approximate surface area is 75.5 Å². The molecule has 0 aliphatic heterocycles. The Morgan fingerprint density at radius 3 is 2.17 bits per heavy atom. The van der Waals surface area contributed by atoms with Crippen molar-refractivity contribution in [1.82, 2.24) is 5.32 Å². The van der Waals surface area contributed by atoms with Gasteiger partial charge in [0.2, 0.25) is 0 Å². The van der Waals surface area contributed by atoms with Gasteiger partial charge in [0.05, 0.1) is 4.75 Å². The smallest absolute Gasteiger partial charge is 0.153 e. The molecule has 0 spiro atoms. The number of sulfone groups is 1. The van der Waals surface area contributed by atoms with Crippen molar-refractivity contribution in [3.8, 4) is 0 Å². The predicted molar refractivity (Wildman–Crippen MR) is 52.1 cm³/mol. The third-order valence-electron chi connectivity index (χ3n) is 1.98. The van der Waals surface area contributed by atoms with Crippen LogP contribution in [-0.4, -0.2) is 32.5 Å². The van der Waals surface area contributed by atoms with Crippen LogP contribution in [0.25, 0.3) is 0 Å². The van der Waals surface area contributed by atoms with Crippen molar-refractivity contribution < 1.29 is 8.42 Å². The van der Waals surface area contributed by atoms with Gasteiger partial charge in [0, 0.05) is 12.8 Å². The number of rotatable bonds is 5. The zero-order valence-corrected chi connectivity index (χ0v) is 9.16. The van der Waals surface area contributed by atoms with Crippen LogP contribution in [0, 0.1) is 0 Å². The maximum Gasteiger partial charge on any atom is 0.153 e. The molecule has 0 atom stereocenters. The van der Waals surface area contributed by atoms with Crippen molar-refractivity contribution in [1.29, 1.82) is 0 Å². The monoisotopic (exact) mass is 193 g/mol. The van der Waals surface area contributed by atoms with Crippen molar-refractivity contribution in [3.05, 3.63) is 0 Å². The summed E-state index contributed by atoms with van der Waals surface area (Å²) in [5, 5.41) is 3.10. The molecule has 0 aromatic carbocycles. The number of nitrogens with one attached hydrogen (secondary N) is 1. The van der Waals surface area contributed by atoms with E-state index >= 15 is 0 Å². The van der Waals surface area contributed by atoms with Crippen LogP contribution in [0.4, 0.5) is 0 Å². The van der Waals surface area contributed by atoms with E-state index < -0.39 is 14.6 Å². The van der Waals surface area contributed by atoms with Gasteiger partial charge in [-0.15, -0.1) is 0 Å². The average Bonchev–Trinajstić information content (AvgIpc) is 1.85. The van der Waals surface area contributed by atoms with Gasteiger partial charge < -0.3 is 5.32 Å². The molecule has 0 radical (unpaired) electrons. The van der Waals surface area contributed by atoms with Crippen molar-refractivity contribution in [2.24, 2.45) is 0 Å². The molecule has 0 aliphatic carbocycles. The molecule has 0 heterocycles.